The summed E-state index contributed by atoms with van der Waals surface area (Å²) >= 11 is 1.79. The second-order valence-corrected chi connectivity index (χ2v) is 18.5. The van der Waals surface area contributed by atoms with Gasteiger partial charge >= 0.3 is 0 Å². The van der Waals surface area contributed by atoms with Crippen LogP contribution in [-0.4, -0.2) is 0 Å². The molecule has 0 atom stereocenters. The first-order valence-corrected chi connectivity index (χ1v) is 23.7. The van der Waals surface area contributed by atoms with Crippen LogP contribution in [0.1, 0.15) is 44.5 Å². The molecule has 0 spiro atoms. The minimum atomic E-state index is -0.474. The SMILES string of the molecule is c1ccc(C2(c3ccccc3)c3ccccc3-c3cc(N(c4ccc(-c5ccc6sccc6c5)cc4)c4ccc5c(c4)-c4ccccc4C5(c4ccccc4)c4ccccc4)ccc32)cc1. The number of rotatable bonds is 8. The van der Waals surface area contributed by atoms with E-state index in [1.165, 1.54) is 88.0 Å². The fourth-order valence-corrected chi connectivity index (χ4v) is 12.3. The molecule has 0 saturated heterocycles. The number of thiophene rings is 1. The molecule has 13 rings (SSSR count). The van der Waals surface area contributed by atoms with Crippen LogP contribution in [0.15, 0.2) is 260 Å². The van der Waals surface area contributed by atoms with Gasteiger partial charge in [0.15, 0.2) is 0 Å². The number of anilines is 3. The summed E-state index contributed by atoms with van der Waals surface area (Å²) in [6.07, 6.45) is 0. The first-order chi connectivity index (χ1) is 32.7. The van der Waals surface area contributed by atoms with Crippen molar-refractivity contribution in [1.29, 1.82) is 0 Å². The van der Waals surface area contributed by atoms with E-state index in [0.717, 1.165) is 17.1 Å². The van der Waals surface area contributed by atoms with E-state index in [0.29, 0.717) is 0 Å². The lowest BCUT2D eigenvalue weighted by molar-refractivity contribution is 0.768. The van der Waals surface area contributed by atoms with Crippen LogP contribution in [0.2, 0.25) is 0 Å². The average molecular weight is 858 g/mol. The Morgan fingerprint density at radius 3 is 1.15 bits per heavy atom. The van der Waals surface area contributed by atoms with Gasteiger partial charge in [-0.15, -0.1) is 11.3 Å². The first kappa shape index (κ1) is 38.4. The molecule has 0 N–H and O–H groups in total. The van der Waals surface area contributed by atoms with Gasteiger partial charge in [0, 0.05) is 21.8 Å². The average Bonchev–Trinajstić information content (AvgIpc) is 4.08. The van der Waals surface area contributed by atoms with E-state index in [2.05, 4.69) is 265 Å². The molecule has 10 aromatic carbocycles. The standard InChI is InChI=1S/C64H43NS/c1-5-17-47(18-6-1)63(48-19-7-2-8-20-48)58-27-15-13-25-54(58)56-42-52(34-36-60(56)63)65(51-32-29-44(30-33-51)45-31-38-62-46(41-45)39-40-66-62)53-35-37-61-57(43-53)55-26-14-16-28-59(55)64(61,49-21-9-3-10-22-49)50-23-11-4-12-24-50/h1-43H. The molecule has 0 unspecified atom stereocenters. The number of benzene rings is 10. The van der Waals surface area contributed by atoms with E-state index in [4.69, 9.17) is 0 Å². The summed E-state index contributed by atoms with van der Waals surface area (Å²) in [7, 11) is 0. The van der Waals surface area contributed by atoms with Crippen LogP contribution in [0.5, 0.6) is 0 Å². The van der Waals surface area contributed by atoms with E-state index >= 15 is 0 Å². The fourth-order valence-electron chi connectivity index (χ4n) is 11.5. The van der Waals surface area contributed by atoms with E-state index in [1.54, 1.807) is 11.3 Å². The Bertz CT molecular complexity index is 3310. The van der Waals surface area contributed by atoms with Gasteiger partial charge in [-0.2, -0.15) is 0 Å². The maximum Gasteiger partial charge on any atom is 0.0713 e. The second kappa shape index (κ2) is 15.3. The summed E-state index contributed by atoms with van der Waals surface area (Å²) in [4.78, 5) is 2.47. The van der Waals surface area contributed by atoms with Gasteiger partial charge in [-0.05, 0) is 143 Å². The maximum absolute atomic E-state index is 2.47. The van der Waals surface area contributed by atoms with Crippen LogP contribution in [0, 0.1) is 0 Å². The summed E-state index contributed by atoms with van der Waals surface area (Å²) in [5.41, 5.74) is 20.1. The smallest absolute Gasteiger partial charge is 0.0713 e. The summed E-state index contributed by atoms with van der Waals surface area (Å²) in [5.74, 6) is 0. The first-order valence-electron chi connectivity index (χ1n) is 22.8. The Balaban J connectivity index is 1.04. The lowest BCUT2D eigenvalue weighted by atomic mass is 9.67. The number of hydrogen-bond donors (Lipinski definition) is 0. The summed E-state index contributed by atoms with van der Waals surface area (Å²) in [6, 6.07) is 94.9. The Kier molecular flexibility index (Phi) is 8.91. The Hall–Kier alpha value is -8.04. The zero-order valence-electron chi connectivity index (χ0n) is 36.2. The van der Waals surface area contributed by atoms with Gasteiger partial charge < -0.3 is 4.90 Å². The molecule has 11 aromatic rings. The molecule has 0 saturated carbocycles. The van der Waals surface area contributed by atoms with Crippen molar-refractivity contribution in [3.63, 3.8) is 0 Å². The molecule has 1 nitrogen and oxygen atoms in total. The topological polar surface area (TPSA) is 3.24 Å². The van der Waals surface area contributed by atoms with Crippen molar-refractivity contribution in [2.24, 2.45) is 0 Å². The Labute approximate surface area is 390 Å². The van der Waals surface area contributed by atoms with Crippen LogP contribution < -0.4 is 4.90 Å². The quantitative estimate of drug-likeness (QED) is 0.147. The van der Waals surface area contributed by atoms with E-state index in [-0.39, 0.29) is 0 Å². The third-order valence-corrected chi connectivity index (χ3v) is 15.2. The van der Waals surface area contributed by atoms with Crippen molar-refractivity contribution >= 4 is 38.5 Å². The monoisotopic (exact) mass is 857 g/mol. The summed E-state index contributed by atoms with van der Waals surface area (Å²) in [5, 5.41) is 3.46. The van der Waals surface area contributed by atoms with Gasteiger partial charge in [-0.3, -0.25) is 0 Å². The predicted octanol–water partition coefficient (Wildman–Crippen LogP) is 16.8. The normalized spacial score (nSPS) is 13.7. The molecular formula is C64H43NS. The van der Waals surface area contributed by atoms with Crippen LogP contribution in [-0.2, 0) is 10.8 Å². The van der Waals surface area contributed by atoms with Gasteiger partial charge in [0.25, 0.3) is 0 Å². The maximum atomic E-state index is 2.47. The summed E-state index contributed by atoms with van der Waals surface area (Å²) < 4.78 is 1.31. The van der Waals surface area contributed by atoms with E-state index in [9.17, 15) is 0 Å². The van der Waals surface area contributed by atoms with Crippen molar-refractivity contribution in [3.8, 4) is 33.4 Å². The predicted molar refractivity (Wildman–Crippen MR) is 277 cm³/mol. The van der Waals surface area contributed by atoms with Gasteiger partial charge in [-0.1, -0.05) is 200 Å². The molecular weight excluding hydrogens is 815 g/mol. The third-order valence-electron chi connectivity index (χ3n) is 14.3. The van der Waals surface area contributed by atoms with Gasteiger partial charge in [0.1, 0.15) is 0 Å². The van der Waals surface area contributed by atoms with Crippen molar-refractivity contribution in [3.05, 3.63) is 305 Å². The largest absolute Gasteiger partial charge is 0.310 e. The molecule has 0 bridgehead atoms. The Morgan fingerprint density at radius 2 is 0.682 bits per heavy atom. The number of hydrogen-bond acceptors (Lipinski definition) is 2. The minimum absolute atomic E-state index is 0.474. The highest BCUT2D eigenvalue weighted by Crippen LogP contribution is 2.59. The number of fused-ring (bicyclic) bond motifs is 7. The molecule has 310 valence electrons. The zero-order valence-corrected chi connectivity index (χ0v) is 37.0. The molecule has 0 fully saturated rings. The van der Waals surface area contributed by atoms with Crippen molar-refractivity contribution < 1.29 is 0 Å². The molecule has 1 heterocycles. The second-order valence-electron chi connectivity index (χ2n) is 17.6. The van der Waals surface area contributed by atoms with Crippen LogP contribution >= 0.6 is 11.3 Å². The van der Waals surface area contributed by atoms with E-state index < -0.39 is 10.8 Å². The van der Waals surface area contributed by atoms with Crippen molar-refractivity contribution in [2.75, 3.05) is 4.90 Å². The van der Waals surface area contributed by atoms with Gasteiger partial charge in [-0.25, -0.2) is 0 Å². The molecule has 0 amide bonds. The van der Waals surface area contributed by atoms with Gasteiger partial charge in [0.05, 0.1) is 10.8 Å². The van der Waals surface area contributed by atoms with Crippen molar-refractivity contribution in [1.82, 2.24) is 0 Å². The molecule has 0 radical (unpaired) electrons. The third kappa shape index (κ3) is 5.65. The van der Waals surface area contributed by atoms with Crippen LogP contribution in [0.4, 0.5) is 17.1 Å². The lowest BCUT2D eigenvalue weighted by Gasteiger charge is -2.34. The summed E-state index contributed by atoms with van der Waals surface area (Å²) in [6.45, 7) is 0. The molecule has 66 heavy (non-hydrogen) atoms. The highest BCUT2D eigenvalue weighted by molar-refractivity contribution is 7.17. The molecule has 2 aliphatic carbocycles. The number of nitrogens with zero attached hydrogens (tertiary/aromatic N) is 1. The van der Waals surface area contributed by atoms with Crippen molar-refractivity contribution in [2.45, 2.75) is 10.8 Å². The highest BCUT2D eigenvalue weighted by atomic mass is 32.1. The van der Waals surface area contributed by atoms with Crippen LogP contribution in [0.25, 0.3) is 43.5 Å². The molecule has 0 aliphatic heterocycles. The highest BCUT2D eigenvalue weighted by Gasteiger charge is 2.48. The minimum Gasteiger partial charge on any atom is -0.310 e. The van der Waals surface area contributed by atoms with E-state index in [1.807, 2.05) is 0 Å². The molecule has 2 heteroatoms. The zero-order chi connectivity index (χ0) is 43.7. The molecule has 1 aromatic heterocycles. The van der Waals surface area contributed by atoms with Gasteiger partial charge in [0.2, 0.25) is 0 Å². The fraction of sp³-hybridized carbons (Fsp3) is 0.0312. The molecule has 2 aliphatic rings. The Morgan fingerprint density at radius 1 is 0.288 bits per heavy atom. The lowest BCUT2D eigenvalue weighted by Crippen LogP contribution is -2.28. The van der Waals surface area contributed by atoms with Crippen LogP contribution in [0.3, 0.4) is 0 Å².